The van der Waals surface area contributed by atoms with Gasteiger partial charge in [-0.2, -0.15) is 0 Å². The first-order chi connectivity index (χ1) is 8.31. The molecule has 0 radical (unpaired) electrons. The highest BCUT2D eigenvalue weighted by molar-refractivity contribution is 14.1. The van der Waals surface area contributed by atoms with Gasteiger partial charge in [0.25, 0.3) is 5.56 Å². The van der Waals surface area contributed by atoms with Gasteiger partial charge < -0.3 is 5.32 Å². The Morgan fingerprint density at radius 2 is 2.06 bits per heavy atom. The highest BCUT2D eigenvalue weighted by atomic mass is 127. The van der Waals surface area contributed by atoms with E-state index >= 15 is 0 Å². The minimum Gasteiger partial charge on any atom is -0.312 e. The number of aryl methyl sites for hydroxylation is 2. The van der Waals surface area contributed by atoms with E-state index in [0.29, 0.717) is 0 Å². The summed E-state index contributed by atoms with van der Waals surface area (Å²) >= 11 is 2.07. The lowest BCUT2D eigenvalue weighted by Crippen LogP contribution is -2.36. The Bertz CT molecular complexity index is 449. The topological polar surface area (TPSA) is 46.9 Å². The molecule has 1 N–H and O–H groups in total. The van der Waals surface area contributed by atoms with Crippen LogP contribution in [-0.4, -0.2) is 21.6 Å². The molecule has 0 aliphatic heterocycles. The highest BCUT2D eigenvalue weighted by Gasteiger charge is 2.08. The summed E-state index contributed by atoms with van der Waals surface area (Å²) in [4.78, 5) is 16.1. The number of hydrogen-bond acceptors (Lipinski definition) is 3. The van der Waals surface area contributed by atoms with E-state index in [2.05, 4.69) is 53.7 Å². The summed E-state index contributed by atoms with van der Waals surface area (Å²) in [6.45, 7) is 10.1. The zero-order valence-electron chi connectivity index (χ0n) is 11.6. The van der Waals surface area contributed by atoms with E-state index < -0.39 is 0 Å². The first kappa shape index (κ1) is 15.6. The van der Waals surface area contributed by atoms with Crippen LogP contribution in [0.5, 0.6) is 0 Å². The van der Waals surface area contributed by atoms with Crippen molar-refractivity contribution >= 4 is 22.6 Å². The lowest BCUT2D eigenvalue weighted by atomic mass is 10.1. The van der Waals surface area contributed by atoms with Crippen molar-refractivity contribution in [3.8, 4) is 0 Å². The van der Waals surface area contributed by atoms with Gasteiger partial charge in [0.1, 0.15) is 0 Å². The standard InChI is InChI=1S/C13H22IN3O/c1-10-11(14)12(18)17(9-15-10)8-6-5-7-16-13(2,3)4/h9,16H,5-8H2,1-4H3. The second-order valence-corrected chi connectivity index (χ2v) is 6.61. The fourth-order valence-corrected chi connectivity index (χ4v) is 2.03. The Hall–Kier alpha value is -0.430. The molecule has 0 amide bonds. The monoisotopic (exact) mass is 363 g/mol. The average molecular weight is 363 g/mol. The Balaban J connectivity index is 2.41. The molecule has 0 aliphatic carbocycles. The Morgan fingerprint density at radius 3 is 2.67 bits per heavy atom. The maximum Gasteiger partial charge on any atom is 0.266 e. The molecule has 1 aromatic rings. The molecule has 0 unspecified atom stereocenters. The number of nitrogens with zero attached hydrogens (tertiary/aromatic N) is 2. The van der Waals surface area contributed by atoms with Crippen molar-refractivity contribution in [1.82, 2.24) is 14.9 Å². The lowest BCUT2D eigenvalue weighted by Gasteiger charge is -2.20. The van der Waals surface area contributed by atoms with Crippen molar-refractivity contribution in [1.29, 1.82) is 0 Å². The normalized spacial score (nSPS) is 11.8. The van der Waals surface area contributed by atoms with Crippen molar-refractivity contribution in [3.05, 3.63) is 25.9 Å². The molecule has 1 aromatic heterocycles. The number of halogens is 1. The molecule has 1 heterocycles. The molecule has 0 aromatic carbocycles. The molecule has 4 nitrogen and oxygen atoms in total. The van der Waals surface area contributed by atoms with Crippen molar-refractivity contribution in [3.63, 3.8) is 0 Å². The van der Waals surface area contributed by atoms with Gasteiger partial charge in [0, 0.05) is 12.1 Å². The minimum atomic E-state index is 0.0758. The number of unbranched alkanes of at least 4 members (excludes halogenated alkanes) is 1. The molecule has 0 bridgehead atoms. The van der Waals surface area contributed by atoms with Gasteiger partial charge in [-0.3, -0.25) is 9.36 Å². The van der Waals surface area contributed by atoms with Gasteiger partial charge in [0.05, 0.1) is 15.6 Å². The summed E-state index contributed by atoms with van der Waals surface area (Å²) in [6.07, 6.45) is 3.70. The predicted molar refractivity (Wildman–Crippen MR) is 82.9 cm³/mol. The SMILES string of the molecule is Cc1ncn(CCCCNC(C)(C)C)c(=O)c1I. The first-order valence-electron chi connectivity index (χ1n) is 6.28. The van der Waals surface area contributed by atoms with Crippen LogP contribution in [0.15, 0.2) is 11.1 Å². The molecule has 102 valence electrons. The Labute approximate surface area is 122 Å². The van der Waals surface area contributed by atoms with E-state index in [-0.39, 0.29) is 11.1 Å². The molecular formula is C13H22IN3O. The first-order valence-corrected chi connectivity index (χ1v) is 7.36. The van der Waals surface area contributed by atoms with Crippen LogP contribution in [-0.2, 0) is 6.54 Å². The number of aromatic nitrogens is 2. The molecule has 0 atom stereocenters. The molecule has 0 fully saturated rings. The highest BCUT2D eigenvalue weighted by Crippen LogP contribution is 2.03. The summed E-state index contributed by atoms with van der Waals surface area (Å²) in [5.41, 5.74) is 1.05. The van der Waals surface area contributed by atoms with E-state index in [1.165, 1.54) is 0 Å². The van der Waals surface area contributed by atoms with Crippen LogP contribution in [0.25, 0.3) is 0 Å². The van der Waals surface area contributed by atoms with Crippen molar-refractivity contribution < 1.29 is 0 Å². The third-order valence-electron chi connectivity index (χ3n) is 2.64. The summed E-state index contributed by atoms with van der Waals surface area (Å²) in [5.74, 6) is 0. The maximum atomic E-state index is 11.9. The zero-order valence-corrected chi connectivity index (χ0v) is 13.7. The fourth-order valence-electron chi connectivity index (χ4n) is 1.58. The zero-order chi connectivity index (χ0) is 13.8. The van der Waals surface area contributed by atoms with Crippen molar-refractivity contribution in [2.45, 2.75) is 52.6 Å². The molecule has 1 rings (SSSR count). The van der Waals surface area contributed by atoms with Gasteiger partial charge >= 0.3 is 0 Å². The van der Waals surface area contributed by atoms with Gasteiger partial charge in [0.2, 0.25) is 0 Å². The second kappa shape index (κ2) is 6.65. The minimum absolute atomic E-state index is 0.0758. The molecule has 5 heteroatoms. The smallest absolute Gasteiger partial charge is 0.266 e. The second-order valence-electron chi connectivity index (χ2n) is 5.53. The van der Waals surface area contributed by atoms with Crippen molar-refractivity contribution in [2.75, 3.05) is 6.54 Å². The van der Waals surface area contributed by atoms with Crippen LogP contribution in [0.2, 0.25) is 0 Å². The van der Waals surface area contributed by atoms with Gasteiger partial charge in [-0.15, -0.1) is 0 Å². The number of hydrogen-bond donors (Lipinski definition) is 1. The molecule has 0 saturated carbocycles. The third-order valence-corrected chi connectivity index (χ3v) is 3.88. The lowest BCUT2D eigenvalue weighted by molar-refractivity contribution is 0.413. The van der Waals surface area contributed by atoms with Crippen LogP contribution in [0.4, 0.5) is 0 Å². The summed E-state index contributed by atoms with van der Waals surface area (Å²) < 4.78 is 2.43. The molecule has 0 aliphatic rings. The Morgan fingerprint density at radius 1 is 1.39 bits per heavy atom. The van der Waals surface area contributed by atoms with E-state index in [4.69, 9.17) is 0 Å². The van der Waals surface area contributed by atoms with Crippen LogP contribution in [0.3, 0.4) is 0 Å². The molecule has 0 spiro atoms. The van der Waals surface area contributed by atoms with E-state index in [0.717, 1.165) is 35.2 Å². The van der Waals surface area contributed by atoms with Crippen LogP contribution in [0.1, 0.15) is 39.3 Å². The quantitative estimate of drug-likeness (QED) is 0.645. The fraction of sp³-hybridized carbons (Fsp3) is 0.692. The predicted octanol–water partition coefficient (Wildman–Crippen LogP) is 2.32. The number of rotatable bonds is 5. The maximum absolute atomic E-state index is 11.9. The van der Waals surface area contributed by atoms with E-state index in [1.54, 1.807) is 10.9 Å². The van der Waals surface area contributed by atoms with Gasteiger partial charge in [0.15, 0.2) is 0 Å². The van der Waals surface area contributed by atoms with Crippen LogP contribution >= 0.6 is 22.6 Å². The third kappa shape index (κ3) is 5.06. The Kier molecular flexibility index (Phi) is 5.78. The molecular weight excluding hydrogens is 341 g/mol. The summed E-state index contributed by atoms with van der Waals surface area (Å²) in [5, 5.41) is 3.44. The average Bonchev–Trinajstić information content (AvgIpc) is 2.27. The largest absolute Gasteiger partial charge is 0.312 e. The van der Waals surface area contributed by atoms with Gasteiger partial charge in [-0.05, 0) is 69.7 Å². The summed E-state index contributed by atoms with van der Waals surface area (Å²) in [7, 11) is 0. The molecule has 18 heavy (non-hydrogen) atoms. The van der Waals surface area contributed by atoms with Crippen molar-refractivity contribution in [2.24, 2.45) is 0 Å². The van der Waals surface area contributed by atoms with Gasteiger partial charge in [-0.25, -0.2) is 4.98 Å². The van der Waals surface area contributed by atoms with Crippen LogP contribution < -0.4 is 10.9 Å². The van der Waals surface area contributed by atoms with Crippen LogP contribution in [0, 0.1) is 10.5 Å². The summed E-state index contributed by atoms with van der Waals surface area (Å²) in [6, 6.07) is 0. The molecule has 0 saturated heterocycles. The van der Waals surface area contributed by atoms with Gasteiger partial charge in [-0.1, -0.05) is 0 Å². The van der Waals surface area contributed by atoms with E-state index in [1.807, 2.05) is 6.92 Å². The number of nitrogens with one attached hydrogen (secondary N) is 1. The van der Waals surface area contributed by atoms with E-state index in [9.17, 15) is 4.79 Å².